The summed E-state index contributed by atoms with van der Waals surface area (Å²) >= 11 is 0. The Morgan fingerprint density at radius 3 is 2.26 bits per heavy atom. The van der Waals surface area contributed by atoms with E-state index in [1.54, 1.807) is 39.5 Å². The van der Waals surface area contributed by atoms with E-state index in [0.717, 1.165) is 5.56 Å². The molecule has 2 aliphatic rings. The van der Waals surface area contributed by atoms with Gasteiger partial charge in [-0.05, 0) is 36.6 Å². The van der Waals surface area contributed by atoms with Gasteiger partial charge >= 0.3 is 0 Å². The van der Waals surface area contributed by atoms with E-state index in [4.69, 9.17) is 18.9 Å². The number of carbonyl (C=O) groups is 2. The smallest absolute Gasteiger partial charge is 0.276 e. The van der Waals surface area contributed by atoms with Crippen molar-refractivity contribution in [3.8, 4) is 17.2 Å². The van der Waals surface area contributed by atoms with Crippen LogP contribution in [-0.4, -0.2) is 75.8 Å². The topological polar surface area (TPSA) is 77.5 Å². The minimum absolute atomic E-state index is 0.248. The number of nitrogens with zero attached hydrogens (tertiary/aromatic N) is 2. The normalized spacial score (nSPS) is 17.4. The minimum Gasteiger partial charge on any atom is -0.493 e. The second kappa shape index (κ2) is 10.3. The van der Waals surface area contributed by atoms with Crippen LogP contribution in [0.2, 0.25) is 0 Å². The Morgan fingerprint density at radius 1 is 1.06 bits per heavy atom. The Hall–Kier alpha value is -3.00. The number of methoxy groups -OCH3 is 3. The summed E-state index contributed by atoms with van der Waals surface area (Å²) in [7, 11) is 4.63. The van der Waals surface area contributed by atoms with E-state index in [2.05, 4.69) is 0 Å². The molecule has 0 aliphatic carbocycles. The molecule has 1 aromatic rings. The Kier molecular flexibility index (Phi) is 7.57. The quantitative estimate of drug-likeness (QED) is 0.615. The van der Waals surface area contributed by atoms with Crippen molar-refractivity contribution in [3.05, 3.63) is 35.0 Å². The lowest BCUT2D eigenvalue weighted by Crippen LogP contribution is -2.47. The summed E-state index contributed by atoms with van der Waals surface area (Å²) in [6.45, 7) is 4.75. The zero-order chi connectivity index (χ0) is 22.4. The van der Waals surface area contributed by atoms with Crippen LogP contribution in [0.25, 0.3) is 6.08 Å². The van der Waals surface area contributed by atoms with E-state index < -0.39 is 0 Å². The standard InChI is InChI=1S/C23H30N2O6/c1-5-17(13-16-14-19(28-2)21(30-4)20(15-16)29-3)22(26)25-8-6-7-18(23(25)27)24-9-11-31-12-10-24/h7,13-15H,5-6,8-12H2,1-4H3/b17-13+. The Bertz CT molecular complexity index is 861. The Balaban J connectivity index is 1.87. The largest absolute Gasteiger partial charge is 0.493 e. The molecule has 2 amide bonds. The van der Waals surface area contributed by atoms with E-state index >= 15 is 0 Å². The molecule has 0 radical (unpaired) electrons. The molecule has 8 nitrogen and oxygen atoms in total. The summed E-state index contributed by atoms with van der Waals surface area (Å²) in [6, 6.07) is 3.56. The number of amides is 2. The number of morpholine rings is 1. The van der Waals surface area contributed by atoms with E-state index in [9.17, 15) is 9.59 Å². The molecule has 1 aromatic carbocycles. The molecule has 3 rings (SSSR count). The summed E-state index contributed by atoms with van der Waals surface area (Å²) in [6.07, 6.45) is 4.82. The third-order valence-corrected chi connectivity index (χ3v) is 5.44. The maximum Gasteiger partial charge on any atom is 0.276 e. The van der Waals surface area contributed by atoms with Crippen LogP contribution in [0.5, 0.6) is 17.2 Å². The van der Waals surface area contributed by atoms with E-state index in [1.165, 1.54) is 4.90 Å². The van der Waals surface area contributed by atoms with Crippen molar-refractivity contribution in [3.63, 3.8) is 0 Å². The van der Waals surface area contributed by atoms with Crippen LogP contribution in [0.4, 0.5) is 0 Å². The maximum atomic E-state index is 13.3. The van der Waals surface area contributed by atoms with Crippen molar-refractivity contribution in [1.82, 2.24) is 9.80 Å². The molecule has 0 bridgehead atoms. The summed E-state index contributed by atoms with van der Waals surface area (Å²) in [5.41, 5.74) is 1.85. The minimum atomic E-state index is -0.278. The summed E-state index contributed by atoms with van der Waals surface area (Å²) in [5, 5.41) is 0. The molecule has 0 atom stereocenters. The molecule has 2 heterocycles. The van der Waals surface area contributed by atoms with Gasteiger partial charge in [-0.3, -0.25) is 14.5 Å². The number of ether oxygens (including phenoxy) is 4. The number of carbonyl (C=O) groups excluding carboxylic acids is 2. The molecule has 1 fully saturated rings. The SMILES string of the molecule is CC/C(=C\c1cc(OC)c(OC)c(OC)c1)C(=O)N1CCC=C(N2CCOCC2)C1=O. The fourth-order valence-electron chi connectivity index (χ4n) is 3.79. The van der Waals surface area contributed by atoms with Crippen LogP contribution >= 0.6 is 0 Å². The Labute approximate surface area is 183 Å². The molecular formula is C23H30N2O6. The van der Waals surface area contributed by atoms with Crippen molar-refractivity contribution < 1.29 is 28.5 Å². The highest BCUT2D eigenvalue weighted by Gasteiger charge is 2.32. The predicted molar refractivity (Wildman–Crippen MR) is 116 cm³/mol. The fraction of sp³-hybridized carbons (Fsp3) is 0.478. The van der Waals surface area contributed by atoms with Crippen LogP contribution in [-0.2, 0) is 14.3 Å². The first kappa shape index (κ1) is 22.7. The molecule has 8 heteroatoms. The zero-order valence-electron chi connectivity index (χ0n) is 18.6. The van der Waals surface area contributed by atoms with Crippen LogP contribution < -0.4 is 14.2 Å². The van der Waals surface area contributed by atoms with Crippen molar-refractivity contribution in [1.29, 1.82) is 0 Å². The van der Waals surface area contributed by atoms with Gasteiger partial charge in [-0.25, -0.2) is 0 Å². The summed E-state index contributed by atoms with van der Waals surface area (Å²) in [4.78, 5) is 29.7. The average Bonchev–Trinajstić information content (AvgIpc) is 2.82. The van der Waals surface area contributed by atoms with Crippen LogP contribution in [0, 0.1) is 0 Å². The lowest BCUT2D eigenvalue weighted by Gasteiger charge is -2.35. The van der Waals surface area contributed by atoms with Crippen LogP contribution in [0.15, 0.2) is 29.5 Å². The number of imide groups is 1. The van der Waals surface area contributed by atoms with Gasteiger partial charge in [0.15, 0.2) is 11.5 Å². The molecular weight excluding hydrogens is 400 g/mol. The molecule has 31 heavy (non-hydrogen) atoms. The first-order chi connectivity index (χ1) is 15.0. The molecule has 168 valence electrons. The van der Waals surface area contributed by atoms with Crippen molar-refractivity contribution in [2.75, 3.05) is 54.2 Å². The zero-order valence-corrected chi connectivity index (χ0v) is 18.6. The molecule has 0 N–H and O–H groups in total. The fourth-order valence-corrected chi connectivity index (χ4v) is 3.79. The van der Waals surface area contributed by atoms with Crippen molar-refractivity contribution >= 4 is 17.9 Å². The third kappa shape index (κ3) is 4.85. The van der Waals surface area contributed by atoms with Gasteiger partial charge in [0.2, 0.25) is 5.75 Å². The Morgan fingerprint density at radius 2 is 1.71 bits per heavy atom. The van der Waals surface area contributed by atoms with Crippen molar-refractivity contribution in [2.24, 2.45) is 0 Å². The molecule has 2 aliphatic heterocycles. The number of hydrogen-bond acceptors (Lipinski definition) is 7. The van der Waals surface area contributed by atoms with Crippen LogP contribution in [0.3, 0.4) is 0 Å². The lowest BCUT2D eigenvalue weighted by atomic mass is 10.0. The van der Waals surface area contributed by atoms with E-state index in [0.29, 0.717) is 74.2 Å². The van der Waals surface area contributed by atoms with Gasteiger partial charge in [0.25, 0.3) is 11.8 Å². The van der Waals surface area contributed by atoms with E-state index in [-0.39, 0.29) is 11.8 Å². The van der Waals surface area contributed by atoms with Gasteiger partial charge in [-0.15, -0.1) is 0 Å². The highest BCUT2D eigenvalue weighted by molar-refractivity contribution is 6.11. The second-order valence-corrected chi connectivity index (χ2v) is 7.22. The summed E-state index contributed by atoms with van der Waals surface area (Å²) in [5.74, 6) is 0.964. The number of rotatable bonds is 7. The van der Waals surface area contributed by atoms with Gasteiger partial charge in [0.05, 0.1) is 40.2 Å². The molecule has 1 saturated heterocycles. The van der Waals surface area contributed by atoms with Gasteiger partial charge in [-0.1, -0.05) is 13.0 Å². The second-order valence-electron chi connectivity index (χ2n) is 7.22. The van der Waals surface area contributed by atoms with Gasteiger partial charge < -0.3 is 23.8 Å². The number of benzene rings is 1. The molecule has 0 aromatic heterocycles. The first-order valence-corrected chi connectivity index (χ1v) is 10.4. The summed E-state index contributed by atoms with van der Waals surface area (Å²) < 4.78 is 21.5. The first-order valence-electron chi connectivity index (χ1n) is 10.4. The highest BCUT2D eigenvalue weighted by atomic mass is 16.5. The van der Waals surface area contributed by atoms with Crippen molar-refractivity contribution in [2.45, 2.75) is 19.8 Å². The van der Waals surface area contributed by atoms with Gasteiger partial charge in [-0.2, -0.15) is 0 Å². The van der Waals surface area contributed by atoms with Gasteiger partial charge in [0.1, 0.15) is 0 Å². The molecule has 0 unspecified atom stereocenters. The van der Waals surface area contributed by atoms with Crippen LogP contribution in [0.1, 0.15) is 25.3 Å². The third-order valence-electron chi connectivity index (χ3n) is 5.44. The average molecular weight is 431 g/mol. The number of hydrogen-bond donors (Lipinski definition) is 0. The van der Waals surface area contributed by atoms with Gasteiger partial charge in [0, 0.05) is 25.2 Å². The maximum absolute atomic E-state index is 13.3. The van der Waals surface area contributed by atoms with E-state index in [1.807, 2.05) is 17.9 Å². The predicted octanol–water partition coefficient (Wildman–Crippen LogP) is 2.48. The molecule has 0 spiro atoms. The highest BCUT2D eigenvalue weighted by Crippen LogP contribution is 2.39. The monoisotopic (exact) mass is 430 g/mol. The molecule has 0 saturated carbocycles. The lowest BCUT2D eigenvalue weighted by molar-refractivity contribution is -0.142.